The van der Waals surface area contributed by atoms with E-state index in [2.05, 4.69) is 31.3 Å². The van der Waals surface area contributed by atoms with Crippen molar-refractivity contribution in [3.63, 3.8) is 0 Å². The van der Waals surface area contributed by atoms with Gasteiger partial charge in [-0.05, 0) is 43.4 Å². The van der Waals surface area contributed by atoms with Crippen molar-refractivity contribution in [2.45, 2.75) is 44.9 Å². The standard InChI is InChI=1S/C18H28N2O2/c1-4-12-20(13-5-2)17(21)19-14-18(10-11-18)15-6-8-16(22-3)9-7-15/h6-9H,4-5,10-14H2,1-3H3,(H,19,21). The van der Waals surface area contributed by atoms with Crippen molar-refractivity contribution < 1.29 is 9.53 Å². The summed E-state index contributed by atoms with van der Waals surface area (Å²) in [5, 5.41) is 3.14. The molecule has 1 fully saturated rings. The summed E-state index contributed by atoms with van der Waals surface area (Å²) in [6.07, 6.45) is 4.27. The number of benzene rings is 1. The molecule has 1 N–H and O–H groups in total. The highest BCUT2D eigenvalue weighted by molar-refractivity contribution is 5.74. The van der Waals surface area contributed by atoms with Crippen molar-refractivity contribution in [2.24, 2.45) is 0 Å². The van der Waals surface area contributed by atoms with E-state index < -0.39 is 0 Å². The van der Waals surface area contributed by atoms with E-state index in [0.717, 1.165) is 51.1 Å². The van der Waals surface area contributed by atoms with E-state index in [1.165, 1.54) is 5.56 Å². The van der Waals surface area contributed by atoms with Crippen molar-refractivity contribution in [3.8, 4) is 5.75 Å². The topological polar surface area (TPSA) is 41.6 Å². The molecule has 0 atom stereocenters. The van der Waals surface area contributed by atoms with Crippen LogP contribution in [-0.4, -0.2) is 37.7 Å². The Balaban J connectivity index is 1.93. The molecular formula is C18H28N2O2. The molecule has 0 radical (unpaired) electrons. The lowest BCUT2D eigenvalue weighted by atomic mass is 9.96. The first-order valence-corrected chi connectivity index (χ1v) is 8.32. The van der Waals surface area contributed by atoms with Gasteiger partial charge in [-0.25, -0.2) is 4.79 Å². The Morgan fingerprint density at radius 2 is 1.77 bits per heavy atom. The van der Waals surface area contributed by atoms with Crippen LogP contribution in [0.15, 0.2) is 24.3 Å². The molecule has 4 heteroatoms. The maximum absolute atomic E-state index is 12.3. The van der Waals surface area contributed by atoms with Crippen LogP contribution in [0.25, 0.3) is 0 Å². The molecule has 0 unspecified atom stereocenters. The molecule has 0 spiro atoms. The molecule has 122 valence electrons. The Hall–Kier alpha value is -1.71. The Bertz CT molecular complexity index is 474. The summed E-state index contributed by atoms with van der Waals surface area (Å²) in [6, 6.07) is 8.31. The zero-order valence-electron chi connectivity index (χ0n) is 14.0. The summed E-state index contributed by atoms with van der Waals surface area (Å²) >= 11 is 0. The third-order valence-corrected chi connectivity index (χ3v) is 4.41. The van der Waals surface area contributed by atoms with Gasteiger partial charge in [-0.15, -0.1) is 0 Å². The number of carbonyl (C=O) groups excluding carboxylic acids is 1. The second kappa shape index (κ2) is 7.52. The van der Waals surface area contributed by atoms with Crippen LogP contribution in [0.5, 0.6) is 5.75 Å². The molecule has 0 heterocycles. The second-order valence-corrected chi connectivity index (χ2v) is 6.15. The first kappa shape index (κ1) is 16.7. The average Bonchev–Trinajstić information content (AvgIpc) is 3.34. The molecule has 1 aromatic rings. The Kier molecular flexibility index (Phi) is 5.69. The van der Waals surface area contributed by atoms with E-state index >= 15 is 0 Å². The maximum Gasteiger partial charge on any atom is 0.317 e. The third-order valence-electron chi connectivity index (χ3n) is 4.41. The zero-order chi connectivity index (χ0) is 16.0. The van der Waals surface area contributed by atoms with E-state index in [1.54, 1.807) is 7.11 Å². The van der Waals surface area contributed by atoms with E-state index in [0.29, 0.717) is 0 Å². The van der Waals surface area contributed by atoms with Crippen molar-refractivity contribution in [3.05, 3.63) is 29.8 Å². The highest BCUT2D eigenvalue weighted by Gasteiger charge is 2.44. The molecule has 2 rings (SSSR count). The largest absolute Gasteiger partial charge is 0.497 e. The highest BCUT2D eigenvalue weighted by Crippen LogP contribution is 2.47. The van der Waals surface area contributed by atoms with Gasteiger partial charge < -0.3 is 15.0 Å². The Morgan fingerprint density at radius 1 is 1.18 bits per heavy atom. The average molecular weight is 304 g/mol. The van der Waals surface area contributed by atoms with Gasteiger partial charge in [-0.1, -0.05) is 26.0 Å². The Labute approximate surface area is 133 Å². The normalized spacial score (nSPS) is 15.2. The fourth-order valence-electron chi connectivity index (χ4n) is 2.87. The fourth-order valence-corrected chi connectivity index (χ4v) is 2.87. The molecule has 0 saturated heterocycles. The van der Waals surface area contributed by atoms with Crippen LogP contribution in [0, 0.1) is 0 Å². The van der Waals surface area contributed by atoms with Gasteiger partial charge in [-0.2, -0.15) is 0 Å². The monoisotopic (exact) mass is 304 g/mol. The molecule has 2 amide bonds. The first-order valence-electron chi connectivity index (χ1n) is 8.32. The van der Waals surface area contributed by atoms with Crippen molar-refractivity contribution in [1.29, 1.82) is 0 Å². The summed E-state index contributed by atoms with van der Waals surface area (Å²) in [7, 11) is 1.68. The molecule has 1 saturated carbocycles. The van der Waals surface area contributed by atoms with Gasteiger partial charge in [0.2, 0.25) is 0 Å². The minimum atomic E-state index is 0.0727. The van der Waals surface area contributed by atoms with Crippen LogP contribution < -0.4 is 10.1 Å². The summed E-state index contributed by atoms with van der Waals surface area (Å²) in [4.78, 5) is 14.2. The lowest BCUT2D eigenvalue weighted by molar-refractivity contribution is 0.196. The highest BCUT2D eigenvalue weighted by atomic mass is 16.5. The number of carbonyl (C=O) groups is 1. The van der Waals surface area contributed by atoms with Crippen LogP contribution in [0.2, 0.25) is 0 Å². The molecule has 4 nitrogen and oxygen atoms in total. The van der Waals surface area contributed by atoms with E-state index in [1.807, 2.05) is 17.0 Å². The smallest absolute Gasteiger partial charge is 0.317 e. The van der Waals surface area contributed by atoms with Crippen LogP contribution in [0.1, 0.15) is 45.1 Å². The van der Waals surface area contributed by atoms with Crippen molar-refractivity contribution >= 4 is 6.03 Å². The number of hydrogen-bond acceptors (Lipinski definition) is 2. The lowest BCUT2D eigenvalue weighted by Crippen LogP contribution is -2.43. The molecular weight excluding hydrogens is 276 g/mol. The van der Waals surface area contributed by atoms with Crippen LogP contribution in [0.3, 0.4) is 0 Å². The molecule has 0 aliphatic heterocycles. The number of nitrogens with zero attached hydrogens (tertiary/aromatic N) is 1. The van der Waals surface area contributed by atoms with Gasteiger partial charge in [-0.3, -0.25) is 0 Å². The van der Waals surface area contributed by atoms with Gasteiger partial charge in [0.05, 0.1) is 7.11 Å². The van der Waals surface area contributed by atoms with Gasteiger partial charge in [0, 0.05) is 25.0 Å². The van der Waals surface area contributed by atoms with E-state index in [-0.39, 0.29) is 11.4 Å². The van der Waals surface area contributed by atoms with Crippen LogP contribution >= 0.6 is 0 Å². The number of amides is 2. The van der Waals surface area contributed by atoms with E-state index in [4.69, 9.17) is 4.74 Å². The summed E-state index contributed by atoms with van der Waals surface area (Å²) in [5.74, 6) is 0.876. The second-order valence-electron chi connectivity index (χ2n) is 6.15. The number of nitrogens with one attached hydrogen (secondary N) is 1. The molecule has 22 heavy (non-hydrogen) atoms. The number of ether oxygens (including phenoxy) is 1. The maximum atomic E-state index is 12.3. The predicted molar refractivity (Wildman–Crippen MR) is 89.5 cm³/mol. The molecule has 1 aliphatic carbocycles. The number of methoxy groups -OCH3 is 1. The molecule has 1 aromatic carbocycles. The van der Waals surface area contributed by atoms with E-state index in [9.17, 15) is 4.79 Å². The van der Waals surface area contributed by atoms with Gasteiger partial charge in [0.15, 0.2) is 0 Å². The van der Waals surface area contributed by atoms with Crippen LogP contribution in [-0.2, 0) is 5.41 Å². The summed E-state index contributed by atoms with van der Waals surface area (Å²) < 4.78 is 5.21. The number of urea groups is 1. The van der Waals surface area contributed by atoms with Gasteiger partial charge in [0.25, 0.3) is 0 Å². The predicted octanol–water partition coefficient (Wildman–Crippen LogP) is 3.56. The van der Waals surface area contributed by atoms with Crippen molar-refractivity contribution in [1.82, 2.24) is 10.2 Å². The zero-order valence-corrected chi connectivity index (χ0v) is 14.0. The third kappa shape index (κ3) is 3.93. The lowest BCUT2D eigenvalue weighted by Gasteiger charge is -2.24. The molecule has 0 bridgehead atoms. The van der Waals surface area contributed by atoms with Crippen LogP contribution in [0.4, 0.5) is 4.79 Å². The van der Waals surface area contributed by atoms with Crippen molar-refractivity contribution in [2.75, 3.05) is 26.7 Å². The van der Waals surface area contributed by atoms with Gasteiger partial charge >= 0.3 is 6.03 Å². The number of hydrogen-bond donors (Lipinski definition) is 1. The Morgan fingerprint density at radius 3 is 2.23 bits per heavy atom. The fraction of sp³-hybridized carbons (Fsp3) is 0.611. The molecule has 1 aliphatic rings. The first-order chi connectivity index (χ1) is 10.6. The minimum absolute atomic E-state index is 0.0727. The SMILES string of the molecule is CCCN(CCC)C(=O)NCC1(c2ccc(OC)cc2)CC1. The quantitative estimate of drug-likeness (QED) is 0.798. The number of rotatable bonds is 8. The molecule has 0 aromatic heterocycles. The summed E-state index contributed by atoms with van der Waals surface area (Å²) in [5.41, 5.74) is 1.43. The minimum Gasteiger partial charge on any atom is -0.497 e. The summed E-state index contributed by atoms with van der Waals surface area (Å²) in [6.45, 7) is 6.60. The van der Waals surface area contributed by atoms with Gasteiger partial charge in [0.1, 0.15) is 5.75 Å².